The predicted molar refractivity (Wildman–Crippen MR) is 111 cm³/mol. The van der Waals surface area contributed by atoms with E-state index in [1.807, 2.05) is 4.90 Å². The third-order valence-corrected chi connectivity index (χ3v) is 8.21. The quantitative estimate of drug-likeness (QED) is 0.477. The lowest BCUT2D eigenvalue weighted by atomic mass is 10.1. The van der Waals surface area contributed by atoms with Crippen LogP contribution in [0.1, 0.15) is 38.5 Å². The molecule has 31 heavy (non-hydrogen) atoms. The largest absolute Gasteiger partial charge is 0.411 e. The molecule has 0 aromatic heterocycles. The van der Waals surface area contributed by atoms with Crippen LogP contribution in [0.15, 0.2) is 0 Å². The molecule has 1 amide bonds. The first kappa shape index (κ1) is 24.7. The number of nitrogens with zero attached hydrogens (tertiary/aromatic N) is 3. The Kier molecular flexibility index (Phi) is 8.62. The number of amides is 1. The fourth-order valence-electron chi connectivity index (χ4n) is 4.90. The Labute approximate surface area is 182 Å². The molecule has 2 saturated heterocycles. The van der Waals surface area contributed by atoms with Crippen molar-refractivity contribution in [2.24, 2.45) is 0 Å². The zero-order chi connectivity index (χ0) is 22.5. The Morgan fingerprint density at radius 3 is 2.23 bits per heavy atom. The number of hydrogen-bond donors (Lipinski definition) is 0. The molecule has 3 fully saturated rings. The molecule has 7 nitrogen and oxygen atoms in total. The van der Waals surface area contributed by atoms with Crippen LogP contribution in [0.5, 0.6) is 0 Å². The van der Waals surface area contributed by atoms with Gasteiger partial charge in [0.15, 0.2) is 9.84 Å². The van der Waals surface area contributed by atoms with Crippen molar-refractivity contribution in [2.75, 3.05) is 64.0 Å². The number of alkyl halides is 3. The lowest BCUT2D eigenvalue weighted by molar-refractivity contribution is -0.174. The molecule has 0 N–H and O–H groups in total. The summed E-state index contributed by atoms with van der Waals surface area (Å²) in [4.78, 5) is 19.3. The fourth-order valence-corrected chi connectivity index (χ4v) is 6.62. The number of halogens is 3. The molecule has 3 aliphatic rings. The maximum Gasteiger partial charge on any atom is 0.411 e. The molecular formula is C20H34F3N3O4S. The van der Waals surface area contributed by atoms with E-state index in [1.54, 1.807) is 0 Å². The minimum absolute atomic E-state index is 0.0306. The van der Waals surface area contributed by atoms with Crippen LogP contribution in [-0.4, -0.2) is 111 Å². The molecule has 0 bridgehead atoms. The van der Waals surface area contributed by atoms with E-state index in [-0.39, 0.29) is 36.1 Å². The van der Waals surface area contributed by atoms with Crippen molar-refractivity contribution < 1.29 is 31.1 Å². The van der Waals surface area contributed by atoms with Gasteiger partial charge in [0.25, 0.3) is 0 Å². The van der Waals surface area contributed by atoms with Gasteiger partial charge in [-0.05, 0) is 25.7 Å². The van der Waals surface area contributed by atoms with Crippen LogP contribution in [0.4, 0.5) is 13.2 Å². The Bertz CT molecular complexity index is 690. The Morgan fingerprint density at radius 1 is 1.00 bits per heavy atom. The molecule has 2 aliphatic heterocycles. The molecule has 1 atom stereocenters. The molecule has 0 spiro atoms. The molecular weight excluding hydrogens is 435 g/mol. The summed E-state index contributed by atoms with van der Waals surface area (Å²) in [5.74, 6) is 0.280. The Morgan fingerprint density at radius 2 is 1.65 bits per heavy atom. The van der Waals surface area contributed by atoms with Crippen LogP contribution in [0.3, 0.4) is 0 Å². The van der Waals surface area contributed by atoms with E-state index in [1.165, 1.54) is 0 Å². The maximum absolute atomic E-state index is 13.2. The summed E-state index contributed by atoms with van der Waals surface area (Å²) in [6.45, 7) is 2.81. The zero-order valence-corrected chi connectivity index (χ0v) is 18.8. The fraction of sp³-hybridized carbons (Fsp3) is 0.950. The van der Waals surface area contributed by atoms with Crippen LogP contribution < -0.4 is 0 Å². The van der Waals surface area contributed by atoms with Gasteiger partial charge in [0, 0.05) is 51.4 Å². The molecule has 1 aliphatic carbocycles. The lowest BCUT2D eigenvalue weighted by Crippen LogP contribution is -2.54. The van der Waals surface area contributed by atoms with E-state index in [9.17, 15) is 26.4 Å². The van der Waals surface area contributed by atoms with Crippen molar-refractivity contribution in [1.29, 1.82) is 0 Å². The molecule has 2 heterocycles. The summed E-state index contributed by atoms with van der Waals surface area (Å²) in [6, 6.07) is -0.0395. The van der Waals surface area contributed by atoms with Gasteiger partial charge in [0.1, 0.15) is 6.61 Å². The van der Waals surface area contributed by atoms with E-state index in [0.717, 1.165) is 51.9 Å². The second-order valence-electron chi connectivity index (χ2n) is 8.94. The molecule has 1 unspecified atom stereocenters. The van der Waals surface area contributed by atoms with Crippen molar-refractivity contribution in [1.82, 2.24) is 14.7 Å². The third kappa shape index (κ3) is 7.87. The van der Waals surface area contributed by atoms with Gasteiger partial charge in [0.05, 0.1) is 18.1 Å². The summed E-state index contributed by atoms with van der Waals surface area (Å²) in [6.07, 6.45) is 0.861. The molecule has 0 radical (unpaired) electrons. The number of carbonyl (C=O) groups is 1. The van der Waals surface area contributed by atoms with Crippen LogP contribution in [0.25, 0.3) is 0 Å². The summed E-state index contributed by atoms with van der Waals surface area (Å²) in [7, 11) is -3.05. The number of ether oxygens (including phenoxy) is 1. The first-order valence-corrected chi connectivity index (χ1v) is 13.1. The number of rotatable bonds is 9. The normalized spacial score (nSPS) is 25.8. The molecule has 0 aromatic rings. The number of sulfone groups is 1. The van der Waals surface area contributed by atoms with Crippen molar-refractivity contribution in [2.45, 2.75) is 56.8 Å². The third-order valence-electron chi connectivity index (χ3n) is 6.46. The van der Waals surface area contributed by atoms with Crippen molar-refractivity contribution in [3.8, 4) is 0 Å². The lowest BCUT2D eigenvalue weighted by Gasteiger charge is -2.38. The topological polar surface area (TPSA) is 70.2 Å². The standard InChI is InChI=1S/C20H34F3N3O4S/c21-20(22,23)16-30-12-3-7-24-8-10-25(11-9-24)14-19(27)26(17-4-1-2-5-17)18-6-13-31(28,29)15-18/h17-18H,1-16H2. The first-order valence-electron chi connectivity index (χ1n) is 11.2. The van der Waals surface area contributed by atoms with Crippen molar-refractivity contribution >= 4 is 15.7 Å². The van der Waals surface area contributed by atoms with Crippen LogP contribution >= 0.6 is 0 Å². The molecule has 1 saturated carbocycles. The van der Waals surface area contributed by atoms with Gasteiger partial charge < -0.3 is 14.5 Å². The summed E-state index contributed by atoms with van der Waals surface area (Å²) in [5.41, 5.74) is 0. The van der Waals surface area contributed by atoms with E-state index in [2.05, 4.69) is 14.5 Å². The Hall–Kier alpha value is -0.910. The number of hydrogen-bond acceptors (Lipinski definition) is 6. The van der Waals surface area contributed by atoms with Gasteiger partial charge in [-0.25, -0.2) is 8.42 Å². The molecule has 11 heteroatoms. The smallest absolute Gasteiger partial charge is 0.372 e. The molecule has 180 valence electrons. The number of carbonyl (C=O) groups excluding carboxylic acids is 1. The SMILES string of the molecule is O=C(CN1CCN(CCCOCC(F)(F)F)CC1)N(C1CCCC1)C1CCS(=O)(=O)C1. The highest BCUT2D eigenvalue weighted by Crippen LogP contribution is 2.29. The average Bonchev–Trinajstić information content (AvgIpc) is 3.32. The van der Waals surface area contributed by atoms with Crippen LogP contribution in [-0.2, 0) is 19.4 Å². The minimum atomic E-state index is -4.28. The molecule has 0 aromatic carbocycles. The molecule has 3 rings (SSSR count). The zero-order valence-electron chi connectivity index (χ0n) is 18.0. The maximum atomic E-state index is 13.2. The van der Waals surface area contributed by atoms with Gasteiger partial charge in [-0.2, -0.15) is 13.2 Å². The van der Waals surface area contributed by atoms with Gasteiger partial charge in [-0.15, -0.1) is 0 Å². The number of piperazine rings is 1. The van der Waals surface area contributed by atoms with Gasteiger partial charge in [-0.3, -0.25) is 9.69 Å². The summed E-state index contributed by atoms with van der Waals surface area (Å²) >= 11 is 0. The van der Waals surface area contributed by atoms with Crippen molar-refractivity contribution in [3.63, 3.8) is 0 Å². The highest BCUT2D eigenvalue weighted by Gasteiger charge is 2.39. The first-order chi connectivity index (χ1) is 14.6. The van der Waals surface area contributed by atoms with Gasteiger partial charge in [-0.1, -0.05) is 12.8 Å². The highest BCUT2D eigenvalue weighted by atomic mass is 32.2. The van der Waals surface area contributed by atoms with E-state index >= 15 is 0 Å². The van der Waals surface area contributed by atoms with Crippen LogP contribution in [0, 0.1) is 0 Å². The summed E-state index contributed by atoms with van der Waals surface area (Å²) < 4.78 is 64.8. The average molecular weight is 470 g/mol. The van der Waals surface area contributed by atoms with E-state index in [0.29, 0.717) is 25.9 Å². The second-order valence-corrected chi connectivity index (χ2v) is 11.2. The highest BCUT2D eigenvalue weighted by molar-refractivity contribution is 7.91. The monoisotopic (exact) mass is 469 g/mol. The van der Waals surface area contributed by atoms with Crippen LogP contribution in [0.2, 0.25) is 0 Å². The Balaban J connectivity index is 1.41. The van der Waals surface area contributed by atoms with Gasteiger partial charge >= 0.3 is 6.18 Å². The van der Waals surface area contributed by atoms with Crippen molar-refractivity contribution in [3.05, 3.63) is 0 Å². The van der Waals surface area contributed by atoms with E-state index < -0.39 is 22.6 Å². The predicted octanol–water partition coefficient (Wildman–Crippen LogP) is 1.53. The second kappa shape index (κ2) is 10.8. The van der Waals surface area contributed by atoms with Gasteiger partial charge in [0.2, 0.25) is 5.91 Å². The minimum Gasteiger partial charge on any atom is -0.372 e. The summed E-state index contributed by atoms with van der Waals surface area (Å²) in [5, 5.41) is 0. The van der Waals surface area contributed by atoms with E-state index in [4.69, 9.17) is 0 Å².